The average molecular weight is 361 g/mol. The van der Waals surface area contributed by atoms with Crippen molar-refractivity contribution in [3.8, 4) is 5.75 Å². The number of carbonyl (C=O) groups excluding carboxylic acids is 1. The van der Waals surface area contributed by atoms with Gasteiger partial charge in [0.1, 0.15) is 17.4 Å². The van der Waals surface area contributed by atoms with Crippen molar-refractivity contribution in [1.82, 2.24) is 9.88 Å². The van der Waals surface area contributed by atoms with Gasteiger partial charge in [-0.25, -0.2) is 4.98 Å². The molecule has 0 radical (unpaired) electrons. The molecule has 1 amide bonds. The molecule has 0 aliphatic rings. The molecular weight excluding hydrogens is 332 g/mol. The van der Waals surface area contributed by atoms with Crippen LogP contribution in [0.15, 0.2) is 29.6 Å². The van der Waals surface area contributed by atoms with E-state index in [2.05, 4.69) is 38.7 Å². The minimum Gasteiger partial charge on any atom is -0.486 e. The van der Waals surface area contributed by atoms with Crippen LogP contribution in [-0.2, 0) is 17.9 Å². The van der Waals surface area contributed by atoms with Gasteiger partial charge in [0.05, 0.1) is 12.2 Å². The Balaban J connectivity index is 2.01. The molecular formula is C20H28N2O2S. The maximum absolute atomic E-state index is 11.8. The molecule has 0 saturated heterocycles. The third-order valence-corrected chi connectivity index (χ3v) is 5.22. The van der Waals surface area contributed by atoms with Crippen LogP contribution in [0.5, 0.6) is 5.75 Å². The van der Waals surface area contributed by atoms with Gasteiger partial charge in [0.2, 0.25) is 5.91 Å². The lowest BCUT2D eigenvalue weighted by molar-refractivity contribution is -0.131. The van der Waals surface area contributed by atoms with Gasteiger partial charge in [-0.3, -0.25) is 4.79 Å². The van der Waals surface area contributed by atoms with Crippen LogP contribution in [0.2, 0.25) is 0 Å². The zero-order chi connectivity index (χ0) is 18.4. The van der Waals surface area contributed by atoms with Gasteiger partial charge < -0.3 is 9.64 Å². The molecule has 136 valence electrons. The Labute approximate surface area is 154 Å². The van der Waals surface area contributed by atoms with Crippen LogP contribution in [0.1, 0.15) is 63.2 Å². The molecule has 1 heterocycles. The maximum Gasteiger partial charge on any atom is 0.220 e. The molecule has 2 aromatic rings. The van der Waals surface area contributed by atoms with Gasteiger partial charge >= 0.3 is 0 Å². The van der Waals surface area contributed by atoms with E-state index in [0.717, 1.165) is 22.9 Å². The summed E-state index contributed by atoms with van der Waals surface area (Å²) in [4.78, 5) is 18.4. The van der Waals surface area contributed by atoms with Crippen LogP contribution in [0.3, 0.4) is 0 Å². The largest absolute Gasteiger partial charge is 0.486 e. The molecule has 4 nitrogen and oxygen atoms in total. The molecule has 0 bridgehead atoms. The number of amides is 1. The van der Waals surface area contributed by atoms with Crippen molar-refractivity contribution in [2.45, 2.75) is 66.2 Å². The Hall–Kier alpha value is -1.88. The van der Waals surface area contributed by atoms with Crippen molar-refractivity contribution in [3.63, 3.8) is 0 Å². The average Bonchev–Trinajstić information content (AvgIpc) is 3.04. The highest BCUT2D eigenvalue weighted by Crippen LogP contribution is 2.27. The second-order valence-corrected chi connectivity index (χ2v) is 7.56. The van der Waals surface area contributed by atoms with Gasteiger partial charge in [-0.2, -0.15) is 0 Å². The van der Waals surface area contributed by atoms with Gasteiger partial charge in [0.25, 0.3) is 0 Å². The summed E-state index contributed by atoms with van der Waals surface area (Å²) in [5.74, 6) is 1.42. The number of thiazole rings is 1. The summed E-state index contributed by atoms with van der Waals surface area (Å²) in [6.07, 6.45) is 0.936. The van der Waals surface area contributed by atoms with Crippen molar-refractivity contribution in [3.05, 3.63) is 45.9 Å². The Morgan fingerprint density at radius 3 is 2.64 bits per heavy atom. The van der Waals surface area contributed by atoms with Crippen molar-refractivity contribution < 1.29 is 9.53 Å². The first-order valence-electron chi connectivity index (χ1n) is 8.84. The summed E-state index contributed by atoms with van der Waals surface area (Å²) in [6.45, 7) is 11.1. The van der Waals surface area contributed by atoms with Crippen LogP contribution in [0.4, 0.5) is 0 Å². The number of nitrogens with zero attached hydrogens (tertiary/aromatic N) is 2. The Kier molecular flexibility index (Phi) is 7.00. The fraction of sp³-hybridized carbons (Fsp3) is 0.500. The van der Waals surface area contributed by atoms with E-state index in [4.69, 9.17) is 4.74 Å². The summed E-state index contributed by atoms with van der Waals surface area (Å²) < 4.78 is 5.99. The molecule has 1 atom stereocenters. The highest BCUT2D eigenvalue weighted by atomic mass is 32.1. The van der Waals surface area contributed by atoms with E-state index in [1.807, 2.05) is 28.5 Å². The number of carbonyl (C=O) groups is 1. The molecule has 5 heteroatoms. The summed E-state index contributed by atoms with van der Waals surface area (Å²) in [5, 5.41) is 2.95. The number of benzene rings is 1. The van der Waals surface area contributed by atoms with Gasteiger partial charge in [-0.1, -0.05) is 39.0 Å². The predicted octanol–water partition coefficient (Wildman–Crippen LogP) is 4.99. The SMILES string of the molecule is CC[C@@H](C)N(Cc1csc(COc2ccccc2C(C)C)n1)C(C)=O. The Bertz CT molecular complexity index is 697. The van der Waals surface area contributed by atoms with Gasteiger partial charge in [-0.05, 0) is 30.9 Å². The summed E-state index contributed by atoms with van der Waals surface area (Å²) in [7, 11) is 0. The highest BCUT2D eigenvalue weighted by molar-refractivity contribution is 7.09. The zero-order valence-corrected chi connectivity index (χ0v) is 16.6. The minimum atomic E-state index is 0.0889. The normalized spacial score (nSPS) is 12.2. The lowest BCUT2D eigenvalue weighted by Gasteiger charge is -2.26. The highest BCUT2D eigenvalue weighted by Gasteiger charge is 2.17. The van der Waals surface area contributed by atoms with Crippen LogP contribution in [0, 0.1) is 0 Å². The Morgan fingerprint density at radius 1 is 1.28 bits per heavy atom. The smallest absolute Gasteiger partial charge is 0.220 e. The Morgan fingerprint density at radius 2 is 2.00 bits per heavy atom. The monoisotopic (exact) mass is 360 g/mol. The van der Waals surface area contributed by atoms with E-state index in [1.54, 1.807) is 18.3 Å². The first-order valence-corrected chi connectivity index (χ1v) is 9.72. The fourth-order valence-electron chi connectivity index (χ4n) is 2.69. The third-order valence-electron chi connectivity index (χ3n) is 4.35. The number of ether oxygens (including phenoxy) is 1. The van der Waals surface area contributed by atoms with Gasteiger partial charge in [0, 0.05) is 18.3 Å². The van der Waals surface area contributed by atoms with Gasteiger partial charge in [-0.15, -0.1) is 11.3 Å². The molecule has 0 N–H and O–H groups in total. The standard InChI is InChI=1S/C20H28N2O2S/c1-6-15(4)22(16(5)23)11-17-13-25-20(21-17)12-24-19-10-8-7-9-18(19)14(2)3/h7-10,13-15H,6,11-12H2,1-5H3/t15-/m1/s1. The zero-order valence-electron chi connectivity index (χ0n) is 15.8. The number of rotatable bonds is 8. The second-order valence-electron chi connectivity index (χ2n) is 6.62. The van der Waals surface area contributed by atoms with Crippen LogP contribution >= 0.6 is 11.3 Å². The third kappa shape index (κ3) is 5.30. The molecule has 0 aliphatic heterocycles. The van der Waals surface area contributed by atoms with Crippen molar-refractivity contribution in [2.24, 2.45) is 0 Å². The first-order chi connectivity index (χ1) is 11.9. The molecule has 2 rings (SSSR count). The van der Waals surface area contributed by atoms with Crippen LogP contribution < -0.4 is 4.74 Å². The summed E-state index contributed by atoms with van der Waals surface area (Å²) in [6, 6.07) is 8.35. The number of aromatic nitrogens is 1. The van der Waals surface area contributed by atoms with Gasteiger partial charge in [0.15, 0.2) is 0 Å². The molecule has 0 aliphatic carbocycles. The quantitative estimate of drug-likeness (QED) is 0.666. The van der Waals surface area contributed by atoms with E-state index >= 15 is 0 Å². The second kappa shape index (κ2) is 8.99. The van der Waals surface area contributed by atoms with Crippen LogP contribution in [-0.4, -0.2) is 21.8 Å². The summed E-state index contributed by atoms with van der Waals surface area (Å²) in [5.41, 5.74) is 2.13. The van der Waals surface area contributed by atoms with E-state index in [0.29, 0.717) is 19.1 Å². The maximum atomic E-state index is 11.8. The van der Waals surface area contributed by atoms with E-state index in [9.17, 15) is 4.79 Å². The lowest BCUT2D eigenvalue weighted by Crippen LogP contribution is -2.36. The summed E-state index contributed by atoms with van der Waals surface area (Å²) >= 11 is 1.58. The van der Waals surface area contributed by atoms with Crippen LogP contribution in [0.25, 0.3) is 0 Å². The van der Waals surface area contributed by atoms with E-state index in [-0.39, 0.29) is 11.9 Å². The minimum absolute atomic E-state index is 0.0889. The number of para-hydroxylation sites is 1. The lowest BCUT2D eigenvalue weighted by atomic mass is 10.0. The number of hydrogen-bond donors (Lipinski definition) is 0. The molecule has 1 aromatic heterocycles. The predicted molar refractivity (Wildman–Crippen MR) is 103 cm³/mol. The first kappa shape index (κ1) is 19.4. The van der Waals surface area contributed by atoms with Crippen molar-refractivity contribution >= 4 is 17.2 Å². The van der Waals surface area contributed by atoms with Crippen molar-refractivity contribution in [1.29, 1.82) is 0 Å². The van der Waals surface area contributed by atoms with E-state index in [1.165, 1.54) is 5.56 Å². The molecule has 25 heavy (non-hydrogen) atoms. The molecule has 0 unspecified atom stereocenters. The fourth-order valence-corrected chi connectivity index (χ4v) is 3.38. The topological polar surface area (TPSA) is 42.4 Å². The molecule has 1 aromatic carbocycles. The molecule has 0 spiro atoms. The molecule has 0 saturated carbocycles. The van der Waals surface area contributed by atoms with Crippen molar-refractivity contribution in [2.75, 3.05) is 0 Å². The molecule has 0 fully saturated rings. The van der Waals surface area contributed by atoms with E-state index < -0.39 is 0 Å². The number of hydrogen-bond acceptors (Lipinski definition) is 4.